The summed E-state index contributed by atoms with van der Waals surface area (Å²) in [5.41, 5.74) is 0. The maximum atomic E-state index is 11.0. The maximum absolute atomic E-state index is 11.0. The molecule has 0 fully saturated rings. The van der Waals surface area contributed by atoms with Crippen molar-refractivity contribution < 1.29 is 4.79 Å². The van der Waals surface area contributed by atoms with Crippen LogP contribution in [-0.2, 0) is 11.3 Å². The van der Waals surface area contributed by atoms with Gasteiger partial charge < -0.3 is 10.6 Å². The largest absolute Gasteiger partial charge is 0.356 e. The van der Waals surface area contributed by atoms with Gasteiger partial charge in [-0.15, -0.1) is 11.3 Å². The van der Waals surface area contributed by atoms with Crippen molar-refractivity contribution in [2.45, 2.75) is 19.9 Å². The lowest BCUT2D eigenvalue weighted by atomic mass is 10.4. The first-order chi connectivity index (χ1) is 6.83. The van der Waals surface area contributed by atoms with E-state index in [4.69, 9.17) is 0 Å². The number of hydrogen-bond donors (Lipinski definition) is 2. The van der Waals surface area contributed by atoms with Crippen LogP contribution in [0.1, 0.15) is 18.4 Å². The zero-order valence-corrected chi connectivity index (χ0v) is 9.06. The van der Waals surface area contributed by atoms with Gasteiger partial charge in [0.15, 0.2) is 0 Å². The minimum absolute atomic E-state index is 0.0964. The Labute approximate surface area is 87.7 Å². The monoisotopic (exact) mass is 213 g/mol. The minimum atomic E-state index is 0.0964. The molecule has 1 amide bonds. The molecule has 0 spiro atoms. The molecule has 4 nitrogen and oxygen atoms in total. The predicted octanol–water partition coefficient (Wildman–Crippen LogP) is 0.759. The number of rotatable bonds is 6. The number of aromatic nitrogens is 1. The molecule has 0 saturated heterocycles. The zero-order valence-electron chi connectivity index (χ0n) is 8.25. The van der Waals surface area contributed by atoms with Crippen LogP contribution in [0.4, 0.5) is 0 Å². The van der Waals surface area contributed by atoms with Gasteiger partial charge in [-0.05, 0) is 6.92 Å². The van der Waals surface area contributed by atoms with Crippen LogP contribution in [0, 0.1) is 0 Å². The summed E-state index contributed by atoms with van der Waals surface area (Å²) in [5.74, 6) is 0.0964. The summed E-state index contributed by atoms with van der Waals surface area (Å²) in [6.07, 6.45) is 2.31. The highest BCUT2D eigenvalue weighted by molar-refractivity contribution is 7.09. The number of amides is 1. The molecule has 1 rings (SSSR count). The summed E-state index contributed by atoms with van der Waals surface area (Å²) < 4.78 is 0. The molecule has 2 N–H and O–H groups in total. The van der Waals surface area contributed by atoms with Crippen molar-refractivity contribution in [3.8, 4) is 0 Å². The molecule has 1 aromatic heterocycles. The molecule has 0 aromatic carbocycles. The number of thiazole rings is 1. The lowest BCUT2D eigenvalue weighted by Crippen LogP contribution is -2.27. The van der Waals surface area contributed by atoms with Gasteiger partial charge in [-0.1, -0.05) is 0 Å². The third-order valence-corrected chi connectivity index (χ3v) is 2.44. The molecule has 5 heteroatoms. The van der Waals surface area contributed by atoms with E-state index in [-0.39, 0.29) is 5.91 Å². The Hall–Kier alpha value is -0.940. The van der Waals surface area contributed by atoms with Gasteiger partial charge in [-0.2, -0.15) is 0 Å². The Morgan fingerprint density at radius 2 is 2.50 bits per heavy atom. The molecular weight excluding hydrogens is 198 g/mol. The number of carbonyl (C=O) groups excluding carboxylic acids is 1. The van der Waals surface area contributed by atoms with Crippen molar-refractivity contribution in [1.82, 2.24) is 15.6 Å². The highest BCUT2D eigenvalue weighted by Gasteiger charge is 1.98. The van der Waals surface area contributed by atoms with E-state index in [1.807, 2.05) is 12.3 Å². The fourth-order valence-corrected chi connectivity index (χ4v) is 1.61. The van der Waals surface area contributed by atoms with Gasteiger partial charge in [0.05, 0.1) is 0 Å². The average molecular weight is 213 g/mol. The normalized spacial score (nSPS) is 10.1. The third-order valence-electron chi connectivity index (χ3n) is 1.66. The second-order valence-electron chi connectivity index (χ2n) is 2.81. The standard InChI is InChI=1S/C9H15N3OS/c1-2-11-8(13)3-4-10-7-9-12-5-6-14-9/h5-6,10H,2-4,7H2,1H3,(H,11,13). The first-order valence-corrected chi connectivity index (χ1v) is 5.56. The highest BCUT2D eigenvalue weighted by Crippen LogP contribution is 2.02. The Bertz CT molecular complexity index is 261. The topological polar surface area (TPSA) is 54.0 Å². The number of nitrogens with one attached hydrogen (secondary N) is 2. The van der Waals surface area contributed by atoms with Crippen molar-refractivity contribution in [1.29, 1.82) is 0 Å². The van der Waals surface area contributed by atoms with Gasteiger partial charge in [-0.25, -0.2) is 4.98 Å². The zero-order chi connectivity index (χ0) is 10.2. The van der Waals surface area contributed by atoms with Crippen molar-refractivity contribution in [3.05, 3.63) is 16.6 Å². The quantitative estimate of drug-likeness (QED) is 0.686. The van der Waals surface area contributed by atoms with Gasteiger partial charge in [0, 0.05) is 37.6 Å². The van der Waals surface area contributed by atoms with Crippen LogP contribution in [0.3, 0.4) is 0 Å². The van der Waals surface area contributed by atoms with Crippen molar-refractivity contribution in [3.63, 3.8) is 0 Å². The maximum Gasteiger partial charge on any atom is 0.221 e. The lowest BCUT2D eigenvalue weighted by molar-refractivity contribution is -0.120. The molecule has 0 aliphatic rings. The molecule has 0 unspecified atom stereocenters. The van der Waals surface area contributed by atoms with E-state index < -0.39 is 0 Å². The van der Waals surface area contributed by atoms with Crippen LogP contribution in [0.15, 0.2) is 11.6 Å². The first-order valence-electron chi connectivity index (χ1n) is 4.68. The SMILES string of the molecule is CCNC(=O)CCNCc1nccs1. The second-order valence-corrected chi connectivity index (χ2v) is 3.79. The fraction of sp³-hybridized carbons (Fsp3) is 0.556. The minimum Gasteiger partial charge on any atom is -0.356 e. The molecule has 0 saturated carbocycles. The summed E-state index contributed by atoms with van der Waals surface area (Å²) >= 11 is 1.62. The summed E-state index contributed by atoms with van der Waals surface area (Å²) in [7, 11) is 0. The van der Waals surface area contributed by atoms with E-state index in [9.17, 15) is 4.79 Å². The van der Waals surface area contributed by atoms with E-state index in [1.165, 1.54) is 0 Å². The van der Waals surface area contributed by atoms with Crippen molar-refractivity contribution >= 4 is 17.2 Å². The molecule has 78 valence electrons. The van der Waals surface area contributed by atoms with Crippen LogP contribution in [-0.4, -0.2) is 24.0 Å². The van der Waals surface area contributed by atoms with Gasteiger partial charge in [0.25, 0.3) is 0 Å². The predicted molar refractivity (Wildman–Crippen MR) is 57.1 cm³/mol. The second kappa shape index (κ2) is 6.50. The molecule has 0 aliphatic carbocycles. The van der Waals surface area contributed by atoms with Crippen molar-refractivity contribution in [2.75, 3.05) is 13.1 Å². The first kappa shape index (κ1) is 11.1. The van der Waals surface area contributed by atoms with Gasteiger partial charge >= 0.3 is 0 Å². The molecular formula is C9H15N3OS. The van der Waals surface area contributed by atoms with Crippen LogP contribution >= 0.6 is 11.3 Å². The Morgan fingerprint density at radius 3 is 3.14 bits per heavy atom. The van der Waals surface area contributed by atoms with E-state index in [1.54, 1.807) is 17.5 Å². The molecule has 0 bridgehead atoms. The summed E-state index contributed by atoms with van der Waals surface area (Å²) in [4.78, 5) is 15.2. The van der Waals surface area contributed by atoms with E-state index in [0.717, 1.165) is 11.6 Å². The van der Waals surface area contributed by atoms with E-state index in [2.05, 4.69) is 15.6 Å². The molecule has 0 aliphatic heterocycles. The van der Waals surface area contributed by atoms with Crippen LogP contribution in [0.25, 0.3) is 0 Å². The Balaban J connectivity index is 2.02. The van der Waals surface area contributed by atoms with Gasteiger partial charge in [-0.3, -0.25) is 4.79 Å². The summed E-state index contributed by atoms with van der Waals surface area (Å²) in [6, 6.07) is 0. The molecule has 1 aromatic rings. The average Bonchev–Trinajstić information content (AvgIpc) is 2.65. The Kier molecular flexibility index (Phi) is 5.17. The fourth-order valence-electron chi connectivity index (χ4n) is 1.02. The smallest absolute Gasteiger partial charge is 0.221 e. The Morgan fingerprint density at radius 1 is 1.64 bits per heavy atom. The van der Waals surface area contributed by atoms with E-state index in [0.29, 0.717) is 19.5 Å². The molecule has 0 radical (unpaired) electrons. The van der Waals surface area contributed by atoms with Crippen LogP contribution in [0.5, 0.6) is 0 Å². The number of carbonyl (C=O) groups is 1. The highest BCUT2D eigenvalue weighted by atomic mass is 32.1. The van der Waals surface area contributed by atoms with Gasteiger partial charge in [0.1, 0.15) is 5.01 Å². The summed E-state index contributed by atoms with van der Waals surface area (Å²) in [5, 5.41) is 8.91. The third kappa shape index (κ3) is 4.34. The number of nitrogens with zero attached hydrogens (tertiary/aromatic N) is 1. The van der Waals surface area contributed by atoms with Crippen molar-refractivity contribution in [2.24, 2.45) is 0 Å². The molecule has 1 heterocycles. The number of hydrogen-bond acceptors (Lipinski definition) is 4. The summed E-state index contributed by atoms with van der Waals surface area (Å²) in [6.45, 7) is 4.06. The molecule has 14 heavy (non-hydrogen) atoms. The van der Waals surface area contributed by atoms with Crippen LogP contribution < -0.4 is 10.6 Å². The van der Waals surface area contributed by atoms with E-state index >= 15 is 0 Å². The molecule has 0 atom stereocenters. The van der Waals surface area contributed by atoms with Crippen LogP contribution in [0.2, 0.25) is 0 Å². The van der Waals surface area contributed by atoms with Gasteiger partial charge in [0.2, 0.25) is 5.91 Å². The lowest BCUT2D eigenvalue weighted by Gasteiger charge is -2.02.